The third-order valence-corrected chi connectivity index (χ3v) is 2.60. The van der Waals surface area contributed by atoms with Crippen LogP contribution in [0.25, 0.3) is 22.1 Å². The molecule has 0 fully saturated rings. The highest BCUT2D eigenvalue weighted by molar-refractivity contribution is 5.94. The van der Waals surface area contributed by atoms with Crippen LogP contribution in [0.3, 0.4) is 0 Å². The second-order valence-electron chi connectivity index (χ2n) is 3.55. The van der Waals surface area contributed by atoms with Crippen molar-refractivity contribution >= 4 is 10.8 Å². The molecule has 1 N–H and O–H groups in total. The number of furan rings is 1. The van der Waals surface area contributed by atoms with E-state index in [1.165, 1.54) is 0 Å². The van der Waals surface area contributed by atoms with Gasteiger partial charge in [0.1, 0.15) is 5.76 Å². The molecule has 3 rings (SSSR count). The standard InChI is InChI=1S/C13H9NO2/c15-13-10-5-2-1-4-9(10)11(8-14-13)12-6-3-7-16-12/h1-8H,(H,14,15). The molecule has 0 unspecified atom stereocenters. The molecule has 0 aliphatic heterocycles. The van der Waals surface area contributed by atoms with Crippen LogP contribution >= 0.6 is 0 Å². The number of aromatic nitrogens is 1. The van der Waals surface area contributed by atoms with E-state index in [0.717, 1.165) is 16.7 Å². The highest BCUT2D eigenvalue weighted by Gasteiger charge is 2.07. The lowest BCUT2D eigenvalue weighted by molar-refractivity contribution is 0.582. The van der Waals surface area contributed by atoms with Gasteiger partial charge in [-0.2, -0.15) is 0 Å². The lowest BCUT2D eigenvalue weighted by Crippen LogP contribution is -2.05. The number of fused-ring (bicyclic) bond motifs is 1. The highest BCUT2D eigenvalue weighted by Crippen LogP contribution is 2.25. The maximum atomic E-state index is 11.6. The molecule has 0 bridgehead atoms. The van der Waals surface area contributed by atoms with Gasteiger partial charge in [-0.15, -0.1) is 0 Å². The molecule has 0 aliphatic rings. The van der Waals surface area contributed by atoms with Gasteiger partial charge in [0.25, 0.3) is 5.56 Å². The van der Waals surface area contributed by atoms with Crippen molar-refractivity contribution in [2.45, 2.75) is 0 Å². The molecule has 3 heteroatoms. The Labute approximate surface area is 91.3 Å². The lowest BCUT2D eigenvalue weighted by atomic mass is 10.1. The van der Waals surface area contributed by atoms with Crippen LogP contribution in [0, 0.1) is 0 Å². The van der Waals surface area contributed by atoms with E-state index in [2.05, 4.69) is 4.98 Å². The smallest absolute Gasteiger partial charge is 0.255 e. The van der Waals surface area contributed by atoms with Crippen LogP contribution < -0.4 is 5.56 Å². The minimum atomic E-state index is -0.0779. The molecule has 0 saturated carbocycles. The Morgan fingerprint density at radius 2 is 1.81 bits per heavy atom. The third-order valence-electron chi connectivity index (χ3n) is 2.60. The predicted octanol–water partition coefficient (Wildman–Crippen LogP) is 2.79. The monoisotopic (exact) mass is 211 g/mol. The molecule has 0 saturated heterocycles. The van der Waals surface area contributed by atoms with Crippen LogP contribution in [0.1, 0.15) is 0 Å². The minimum absolute atomic E-state index is 0.0779. The first-order valence-electron chi connectivity index (χ1n) is 5.00. The summed E-state index contributed by atoms with van der Waals surface area (Å²) in [6, 6.07) is 11.2. The molecule has 2 heterocycles. The van der Waals surface area contributed by atoms with Crippen molar-refractivity contribution in [3.05, 3.63) is 59.2 Å². The van der Waals surface area contributed by atoms with Gasteiger partial charge >= 0.3 is 0 Å². The number of rotatable bonds is 1. The number of hydrogen-bond acceptors (Lipinski definition) is 2. The summed E-state index contributed by atoms with van der Waals surface area (Å²) in [4.78, 5) is 14.3. The van der Waals surface area contributed by atoms with E-state index in [0.29, 0.717) is 5.39 Å². The van der Waals surface area contributed by atoms with Crippen molar-refractivity contribution in [2.24, 2.45) is 0 Å². The zero-order valence-corrected chi connectivity index (χ0v) is 8.44. The van der Waals surface area contributed by atoms with Crippen LogP contribution in [0.4, 0.5) is 0 Å². The molecule has 0 atom stereocenters. The minimum Gasteiger partial charge on any atom is -0.464 e. The molecule has 3 nitrogen and oxygen atoms in total. The van der Waals surface area contributed by atoms with E-state index in [1.807, 2.05) is 30.3 Å². The zero-order chi connectivity index (χ0) is 11.0. The summed E-state index contributed by atoms with van der Waals surface area (Å²) in [5.41, 5.74) is 0.825. The summed E-state index contributed by atoms with van der Waals surface area (Å²) in [6.45, 7) is 0. The molecule has 0 amide bonds. The molecule has 2 aromatic heterocycles. The molecule has 0 aliphatic carbocycles. The topological polar surface area (TPSA) is 46.0 Å². The van der Waals surface area contributed by atoms with E-state index in [1.54, 1.807) is 18.5 Å². The van der Waals surface area contributed by atoms with Gasteiger partial charge < -0.3 is 9.40 Å². The summed E-state index contributed by atoms with van der Waals surface area (Å²) in [7, 11) is 0. The maximum absolute atomic E-state index is 11.6. The van der Waals surface area contributed by atoms with Crippen molar-refractivity contribution < 1.29 is 4.42 Å². The van der Waals surface area contributed by atoms with Gasteiger partial charge in [0.05, 0.1) is 6.26 Å². The summed E-state index contributed by atoms with van der Waals surface area (Å²) >= 11 is 0. The Hall–Kier alpha value is -2.29. The van der Waals surface area contributed by atoms with E-state index in [4.69, 9.17) is 4.42 Å². The fourth-order valence-corrected chi connectivity index (χ4v) is 1.84. The van der Waals surface area contributed by atoms with Gasteiger partial charge in [-0.3, -0.25) is 4.79 Å². The number of pyridine rings is 1. The Morgan fingerprint density at radius 3 is 2.56 bits per heavy atom. The largest absolute Gasteiger partial charge is 0.464 e. The third kappa shape index (κ3) is 1.26. The van der Waals surface area contributed by atoms with Crippen molar-refractivity contribution in [3.8, 4) is 11.3 Å². The summed E-state index contributed by atoms with van der Waals surface area (Å²) in [5.74, 6) is 0.757. The lowest BCUT2D eigenvalue weighted by Gasteiger charge is -2.02. The van der Waals surface area contributed by atoms with Crippen molar-refractivity contribution in [1.29, 1.82) is 0 Å². The van der Waals surface area contributed by atoms with Crippen LogP contribution in [0.2, 0.25) is 0 Å². The summed E-state index contributed by atoms with van der Waals surface area (Å²) in [6.07, 6.45) is 3.30. The van der Waals surface area contributed by atoms with Gasteiger partial charge in [-0.25, -0.2) is 0 Å². The van der Waals surface area contributed by atoms with E-state index in [-0.39, 0.29) is 5.56 Å². The predicted molar refractivity (Wildman–Crippen MR) is 62.3 cm³/mol. The van der Waals surface area contributed by atoms with Crippen LogP contribution in [0.5, 0.6) is 0 Å². The number of benzene rings is 1. The number of aromatic amines is 1. The molecular formula is C13H9NO2. The molecule has 16 heavy (non-hydrogen) atoms. The number of H-pyrrole nitrogens is 1. The Kier molecular flexibility index (Phi) is 1.90. The van der Waals surface area contributed by atoms with Gasteiger partial charge in [0.2, 0.25) is 0 Å². The van der Waals surface area contributed by atoms with Crippen LogP contribution in [0.15, 0.2) is 58.1 Å². The maximum Gasteiger partial charge on any atom is 0.255 e. The molecule has 1 aromatic carbocycles. The van der Waals surface area contributed by atoms with Gasteiger partial charge in [-0.1, -0.05) is 18.2 Å². The first-order chi connectivity index (χ1) is 7.86. The number of hydrogen-bond donors (Lipinski definition) is 1. The van der Waals surface area contributed by atoms with E-state index in [9.17, 15) is 4.79 Å². The van der Waals surface area contributed by atoms with E-state index < -0.39 is 0 Å². The fraction of sp³-hybridized carbons (Fsp3) is 0. The molecular weight excluding hydrogens is 202 g/mol. The second-order valence-corrected chi connectivity index (χ2v) is 3.55. The van der Waals surface area contributed by atoms with Crippen LogP contribution in [-0.4, -0.2) is 4.98 Å². The van der Waals surface area contributed by atoms with Crippen molar-refractivity contribution in [3.63, 3.8) is 0 Å². The fourth-order valence-electron chi connectivity index (χ4n) is 1.84. The van der Waals surface area contributed by atoms with Gasteiger partial charge in [0, 0.05) is 17.1 Å². The highest BCUT2D eigenvalue weighted by atomic mass is 16.3. The van der Waals surface area contributed by atoms with Crippen molar-refractivity contribution in [2.75, 3.05) is 0 Å². The second kappa shape index (κ2) is 3.38. The Balaban J connectivity index is 2.43. The number of nitrogens with one attached hydrogen (secondary N) is 1. The molecule has 3 aromatic rings. The van der Waals surface area contributed by atoms with Gasteiger partial charge in [0.15, 0.2) is 0 Å². The molecule has 0 radical (unpaired) electrons. The first-order valence-corrected chi connectivity index (χ1v) is 5.00. The summed E-state index contributed by atoms with van der Waals surface area (Å²) < 4.78 is 5.35. The molecule has 0 spiro atoms. The normalized spacial score (nSPS) is 10.8. The summed E-state index contributed by atoms with van der Waals surface area (Å²) in [5, 5.41) is 1.58. The van der Waals surface area contributed by atoms with Gasteiger partial charge in [-0.05, 0) is 23.6 Å². The Morgan fingerprint density at radius 1 is 1.00 bits per heavy atom. The Bertz CT molecular complexity index is 680. The zero-order valence-electron chi connectivity index (χ0n) is 8.44. The SMILES string of the molecule is O=c1[nH]cc(-c2ccco2)c2ccccc12. The molecule has 78 valence electrons. The van der Waals surface area contributed by atoms with Crippen molar-refractivity contribution in [1.82, 2.24) is 4.98 Å². The average Bonchev–Trinajstić information content (AvgIpc) is 2.83. The quantitative estimate of drug-likeness (QED) is 0.672. The first kappa shape index (κ1) is 8.97. The van der Waals surface area contributed by atoms with E-state index >= 15 is 0 Å². The average molecular weight is 211 g/mol. The van der Waals surface area contributed by atoms with Crippen LogP contribution in [-0.2, 0) is 0 Å².